The van der Waals surface area contributed by atoms with Crippen molar-refractivity contribution in [2.24, 2.45) is 17.8 Å². The standard InChI is InChI=1S/C30H42N4O4S2/c1-3-38-30(37)33-26(35)22-18-24(20-9-7-5-4-6-8-10-20)39-28(22)32-27(36)29-31-23-12-11-21(17-25(23)40-29)34-15-13-19(2)14-16-34/h11-12,17,19-20,22,24,28H,3-10,13-16,18H2,1-2H3,(H,32,36)(H,33,35,37). The number of piperidine rings is 1. The molecule has 0 spiro atoms. The van der Waals surface area contributed by atoms with Crippen LogP contribution in [0.5, 0.6) is 0 Å². The molecular weight excluding hydrogens is 544 g/mol. The molecule has 3 atom stereocenters. The first-order chi connectivity index (χ1) is 19.4. The Morgan fingerprint density at radius 2 is 1.77 bits per heavy atom. The number of anilines is 1. The maximum absolute atomic E-state index is 13.5. The molecule has 5 rings (SSSR count). The van der Waals surface area contributed by atoms with Crippen LogP contribution < -0.4 is 15.5 Å². The van der Waals surface area contributed by atoms with Gasteiger partial charge in [-0.05, 0) is 69.1 Å². The van der Waals surface area contributed by atoms with Crippen molar-refractivity contribution in [1.82, 2.24) is 15.6 Å². The van der Waals surface area contributed by atoms with E-state index in [2.05, 4.69) is 39.6 Å². The number of carbonyl (C=O) groups is 3. The number of imide groups is 1. The van der Waals surface area contributed by atoms with Crippen LogP contribution in [0, 0.1) is 17.8 Å². The number of nitrogens with zero attached hydrogens (tertiary/aromatic N) is 2. The Labute approximate surface area is 245 Å². The third-order valence-corrected chi connectivity index (χ3v) is 11.4. The predicted molar refractivity (Wildman–Crippen MR) is 162 cm³/mol. The van der Waals surface area contributed by atoms with E-state index in [9.17, 15) is 14.4 Å². The van der Waals surface area contributed by atoms with Crippen molar-refractivity contribution in [3.05, 3.63) is 23.2 Å². The molecule has 0 radical (unpaired) electrons. The normalized spacial score (nSPS) is 24.9. The summed E-state index contributed by atoms with van der Waals surface area (Å²) >= 11 is 3.08. The van der Waals surface area contributed by atoms with Crippen LogP contribution in [0.1, 0.15) is 87.9 Å². The Hall–Kier alpha value is -2.33. The van der Waals surface area contributed by atoms with E-state index < -0.39 is 17.4 Å². The third kappa shape index (κ3) is 7.11. The number of fused-ring (bicyclic) bond motifs is 1. The van der Waals surface area contributed by atoms with Crippen molar-refractivity contribution in [2.45, 2.75) is 88.7 Å². The van der Waals surface area contributed by atoms with Gasteiger partial charge in [0.2, 0.25) is 5.91 Å². The first kappa shape index (κ1) is 29.2. The van der Waals surface area contributed by atoms with E-state index in [1.54, 1.807) is 18.7 Å². The molecule has 3 aliphatic rings. The van der Waals surface area contributed by atoms with E-state index in [0.717, 1.165) is 42.1 Å². The van der Waals surface area contributed by atoms with E-state index in [1.165, 1.54) is 62.0 Å². The molecule has 1 saturated carbocycles. The predicted octanol–water partition coefficient (Wildman–Crippen LogP) is 6.34. The Morgan fingerprint density at radius 3 is 2.50 bits per heavy atom. The van der Waals surface area contributed by atoms with Gasteiger partial charge in [-0.2, -0.15) is 0 Å². The summed E-state index contributed by atoms with van der Waals surface area (Å²) in [6.07, 6.45) is 10.8. The van der Waals surface area contributed by atoms with Crippen LogP contribution >= 0.6 is 23.1 Å². The number of rotatable bonds is 6. The van der Waals surface area contributed by atoms with E-state index >= 15 is 0 Å². The van der Waals surface area contributed by atoms with Crippen molar-refractivity contribution < 1.29 is 19.1 Å². The molecule has 1 aromatic heterocycles. The molecular formula is C30H42N4O4S2. The number of ether oxygens (including phenoxy) is 1. The molecule has 1 aromatic carbocycles. The number of amides is 3. The highest BCUT2D eigenvalue weighted by Gasteiger charge is 2.43. The Bertz CT molecular complexity index is 1190. The van der Waals surface area contributed by atoms with Crippen molar-refractivity contribution in [3.63, 3.8) is 0 Å². The van der Waals surface area contributed by atoms with Crippen LogP contribution in [-0.2, 0) is 9.53 Å². The summed E-state index contributed by atoms with van der Waals surface area (Å²) in [5.41, 5.74) is 1.99. The first-order valence-corrected chi connectivity index (χ1v) is 16.8. The average Bonchev–Trinajstić information content (AvgIpc) is 3.53. The van der Waals surface area contributed by atoms with Crippen molar-refractivity contribution in [1.29, 1.82) is 0 Å². The summed E-state index contributed by atoms with van der Waals surface area (Å²) in [6.45, 7) is 6.31. The third-order valence-electron chi connectivity index (χ3n) is 8.67. The zero-order valence-electron chi connectivity index (χ0n) is 23.7. The van der Waals surface area contributed by atoms with Crippen molar-refractivity contribution in [2.75, 3.05) is 24.6 Å². The van der Waals surface area contributed by atoms with Gasteiger partial charge >= 0.3 is 6.09 Å². The summed E-state index contributed by atoms with van der Waals surface area (Å²) < 4.78 is 5.94. The van der Waals surface area contributed by atoms with Gasteiger partial charge in [0.1, 0.15) is 0 Å². The van der Waals surface area contributed by atoms with Crippen LogP contribution in [0.3, 0.4) is 0 Å². The maximum atomic E-state index is 13.5. The van der Waals surface area contributed by atoms with Crippen LogP contribution in [0.4, 0.5) is 10.5 Å². The highest BCUT2D eigenvalue weighted by molar-refractivity contribution is 8.00. The van der Waals surface area contributed by atoms with Crippen molar-refractivity contribution in [3.8, 4) is 0 Å². The summed E-state index contributed by atoms with van der Waals surface area (Å²) in [4.78, 5) is 45.7. The highest BCUT2D eigenvalue weighted by atomic mass is 32.2. The van der Waals surface area contributed by atoms with E-state index in [4.69, 9.17) is 4.74 Å². The number of alkyl carbamates (subject to hydrolysis) is 1. The second-order valence-corrected chi connectivity index (χ2v) is 14.0. The molecule has 8 nitrogen and oxygen atoms in total. The Kier molecular flexibility index (Phi) is 9.89. The highest BCUT2D eigenvalue weighted by Crippen LogP contribution is 2.45. The molecule has 2 saturated heterocycles. The number of carbonyl (C=O) groups excluding carboxylic acids is 3. The van der Waals surface area contributed by atoms with Crippen LogP contribution in [0.2, 0.25) is 0 Å². The van der Waals surface area contributed by atoms with Gasteiger partial charge in [-0.3, -0.25) is 14.9 Å². The van der Waals surface area contributed by atoms with E-state index in [0.29, 0.717) is 17.3 Å². The lowest BCUT2D eigenvalue weighted by Crippen LogP contribution is -2.44. The lowest BCUT2D eigenvalue weighted by molar-refractivity contribution is -0.124. The molecule has 10 heteroatoms. The van der Waals surface area contributed by atoms with Gasteiger partial charge in [-0.1, -0.05) is 39.0 Å². The van der Waals surface area contributed by atoms with Gasteiger partial charge in [-0.15, -0.1) is 23.1 Å². The van der Waals surface area contributed by atoms with Crippen LogP contribution in [-0.4, -0.2) is 53.2 Å². The smallest absolute Gasteiger partial charge is 0.413 e. The fourth-order valence-electron chi connectivity index (χ4n) is 6.28. The molecule has 40 heavy (non-hydrogen) atoms. The molecule has 0 bridgehead atoms. The fourth-order valence-corrected chi connectivity index (χ4v) is 8.97. The zero-order valence-corrected chi connectivity index (χ0v) is 25.3. The summed E-state index contributed by atoms with van der Waals surface area (Å²) in [7, 11) is 0. The number of thioether (sulfide) groups is 1. The number of aromatic nitrogens is 1. The maximum Gasteiger partial charge on any atom is 0.413 e. The second kappa shape index (κ2) is 13.6. The number of benzene rings is 1. The molecule has 2 aliphatic heterocycles. The first-order valence-electron chi connectivity index (χ1n) is 15.0. The molecule has 218 valence electrons. The summed E-state index contributed by atoms with van der Waals surface area (Å²) in [5.74, 6) is 0.135. The average molecular weight is 587 g/mol. The second-order valence-electron chi connectivity index (χ2n) is 11.6. The lowest BCUT2D eigenvalue weighted by Gasteiger charge is -2.32. The Balaban J connectivity index is 1.29. The topological polar surface area (TPSA) is 101 Å². The van der Waals surface area contributed by atoms with E-state index in [-0.39, 0.29) is 23.7 Å². The lowest BCUT2D eigenvalue weighted by atomic mass is 9.85. The van der Waals surface area contributed by atoms with Crippen LogP contribution in [0.15, 0.2) is 18.2 Å². The van der Waals surface area contributed by atoms with Gasteiger partial charge < -0.3 is 15.0 Å². The Morgan fingerprint density at radius 1 is 1.05 bits per heavy atom. The van der Waals surface area contributed by atoms with Gasteiger partial charge in [0.05, 0.1) is 28.1 Å². The molecule has 3 unspecified atom stereocenters. The minimum Gasteiger partial charge on any atom is -0.450 e. The largest absolute Gasteiger partial charge is 0.450 e. The van der Waals surface area contributed by atoms with E-state index in [1.807, 2.05) is 6.07 Å². The number of hydrogen-bond donors (Lipinski definition) is 2. The van der Waals surface area contributed by atoms with Gasteiger partial charge in [0, 0.05) is 24.0 Å². The number of thiazole rings is 1. The molecule has 3 amide bonds. The quantitative estimate of drug-likeness (QED) is 0.407. The van der Waals surface area contributed by atoms with Gasteiger partial charge in [0.15, 0.2) is 5.01 Å². The van der Waals surface area contributed by atoms with Gasteiger partial charge in [0.25, 0.3) is 5.91 Å². The molecule has 3 fully saturated rings. The zero-order chi connectivity index (χ0) is 28.1. The number of nitrogens with one attached hydrogen (secondary N) is 2. The van der Waals surface area contributed by atoms with Crippen molar-refractivity contribution >= 4 is 56.9 Å². The minimum absolute atomic E-state index is 0.194. The molecule has 2 N–H and O–H groups in total. The van der Waals surface area contributed by atoms with Crippen LogP contribution in [0.25, 0.3) is 10.2 Å². The van der Waals surface area contributed by atoms with Gasteiger partial charge in [-0.25, -0.2) is 9.78 Å². The number of hydrogen-bond acceptors (Lipinski definition) is 8. The molecule has 2 aromatic rings. The summed E-state index contributed by atoms with van der Waals surface area (Å²) in [6, 6.07) is 6.24. The molecule has 1 aliphatic carbocycles. The monoisotopic (exact) mass is 586 g/mol. The molecule has 3 heterocycles. The summed E-state index contributed by atoms with van der Waals surface area (Å²) in [5, 5.41) is 5.76. The SMILES string of the molecule is CCOC(=O)NC(=O)C1CC(C2CCCCCCC2)SC1NC(=O)c1nc2ccc(N3CCC(C)CC3)cc2s1. The fraction of sp³-hybridized carbons (Fsp3) is 0.667. The minimum atomic E-state index is -0.734.